The summed E-state index contributed by atoms with van der Waals surface area (Å²) in [5.74, 6) is 0. The van der Waals surface area contributed by atoms with Gasteiger partial charge in [-0.1, -0.05) is 113 Å². The van der Waals surface area contributed by atoms with E-state index in [1.165, 1.54) is 66.6 Å². The number of benzene rings is 7. The van der Waals surface area contributed by atoms with Crippen molar-refractivity contribution >= 4 is 65.6 Å². The van der Waals surface area contributed by atoms with Gasteiger partial charge in [-0.15, -0.1) is 11.3 Å². The van der Waals surface area contributed by atoms with Crippen molar-refractivity contribution in [1.29, 1.82) is 0 Å². The average Bonchev–Trinajstić information content (AvgIpc) is 3.57. The normalized spacial score (nSPS) is 14.6. The van der Waals surface area contributed by atoms with Gasteiger partial charge in [-0.25, -0.2) is 0 Å². The van der Waals surface area contributed by atoms with Crippen molar-refractivity contribution in [3.8, 4) is 11.1 Å². The van der Waals surface area contributed by atoms with Crippen molar-refractivity contribution < 1.29 is 0 Å². The first kappa shape index (κ1) is 33.2. The van der Waals surface area contributed by atoms with Gasteiger partial charge >= 0.3 is 0 Å². The number of hydrogen-bond acceptors (Lipinski definition) is 3. The molecule has 1 aliphatic carbocycles. The second-order valence-electron chi connectivity index (χ2n) is 15.7. The van der Waals surface area contributed by atoms with E-state index in [1.807, 2.05) is 11.3 Å². The predicted molar refractivity (Wildman–Crippen MR) is 229 cm³/mol. The largest absolute Gasteiger partial charge is 0.311 e. The number of rotatable bonds is 7. The number of nitrogens with zero attached hydrogens (tertiary/aromatic N) is 2. The van der Waals surface area contributed by atoms with E-state index in [0.717, 1.165) is 22.7 Å². The molecule has 0 radical (unpaired) electrons. The molecule has 0 saturated carbocycles. The highest BCUT2D eigenvalue weighted by Gasteiger charge is 2.37. The molecule has 0 aliphatic heterocycles. The quantitative estimate of drug-likeness (QED) is 0.163. The highest BCUT2D eigenvalue weighted by Crippen LogP contribution is 2.49. The van der Waals surface area contributed by atoms with Crippen molar-refractivity contribution in [1.82, 2.24) is 0 Å². The Kier molecular flexibility index (Phi) is 8.20. The Balaban J connectivity index is 1.11. The fraction of sp³-hybridized carbons (Fsp3) is 0.160. The van der Waals surface area contributed by atoms with Crippen LogP contribution in [0.3, 0.4) is 0 Å². The molecule has 0 bridgehead atoms. The Morgan fingerprint density at radius 3 is 1.42 bits per heavy atom. The summed E-state index contributed by atoms with van der Waals surface area (Å²) in [6.07, 6.45) is 2.39. The third-order valence-corrected chi connectivity index (χ3v) is 12.5. The molecule has 9 rings (SSSR count). The maximum atomic E-state index is 2.48. The van der Waals surface area contributed by atoms with Crippen LogP contribution >= 0.6 is 11.3 Å². The second kappa shape index (κ2) is 13.1. The molecule has 0 saturated heterocycles. The molecule has 8 aromatic rings. The Morgan fingerprint density at radius 2 is 0.811 bits per heavy atom. The standard InChI is InChI=1S/C50H44N2S/c1-49(2)31-32-50(3,4)46-34-42(27-29-45(46)49)52(41-28-30-48-44(33-41)43-17-11-12-18-47(43)53-48)40-25-21-36(22-26-40)35-19-23-39(24-20-35)51(37-13-7-5-8-14-37)38-15-9-6-10-16-38/h5-30,33-34H,31-32H2,1-4H3. The third-order valence-electron chi connectivity index (χ3n) is 11.3. The van der Waals surface area contributed by atoms with E-state index in [0.29, 0.717) is 0 Å². The van der Waals surface area contributed by atoms with E-state index in [2.05, 4.69) is 207 Å². The number of anilines is 6. The Bertz CT molecular complexity index is 2510. The third kappa shape index (κ3) is 6.09. The van der Waals surface area contributed by atoms with Gasteiger partial charge in [0.2, 0.25) is 0 Å². The van der Waals surface area contributed by atoms with Crippen molar-refractivity contribution in [2.45, 2.75) is 51.4 Å². The van der Waals surface area contributed by atoms with E-state index in [-0.39, 0.29) is 10.8 Å². The van der Waals surface area contributed by atoms with Gasteiger partial charge in [0, 0.05) is 54.3 Å². The van der Waals surface area contributed by atoms with Gasteiger partial charge in [-0.05, 0) is 131 Å². The Morgan fingerprint density at radius 1 is 0.377 bits per heavy atom. The van der Waals surface area contributed by atoms with Gasteiger partial charge in [0.15, 0.2) is 0 Å². The first-order valence-electron chi connectivity index (χ1n) is 18.7. The molecule has 1 aliphatic rings. The van der Waals surface area contributed by atoms with Crippen LogP contribution in [0, 0.1) is 0 Å². The van der Waals surface area contributed by atoms with Crippen molar-refractivity contribution in [3.05, 3.63) is 181 Å². The summed E-state index contributed by atoms with van der Waals surface area (Å²) >= 11 is 1.87. The summed E-state index contributed by atoms with van der Waals surface area (Å²) in [6.45, 7) is 9.63. The lowest BCUT2D eigenvalue weighted by Crippen LogP contribution is -2.34. The van der Waals surface area contributed by atoms with Crippen molar-refractivity contribution in [2.24, 2.45) is 0 Å². The molecule has 1 heterocycles. The van der Waals surface area contributed by atoms with Crippen LogP contribution in [0.2, 0.25) is 0 Å². The summed E-state index contributed by atoms with van der Waals surface area (Å²) in [7, 11) is 0. The Hall–Kier alpha value is -5.64. The SMILES string of the molecule is CC1(C)CCC(C)(C)c2cc(N(c3ccc(-c4ccc(N(c5ccccc5)c5ccccc5)cc4)cc3)c3ccc4sc5ccccc5c4c3)ccc21. The second-order valence-corrected chi connectivity index (χ2v) is 16.8. The molecule has 1 aromatic heterocycles. The van der Waals surface area contributed by atoms with Crippen LogP contribution in [0.25, 0.3) is 31.3 Å². The molecule has 0 fully saturated rings. The predicted octanol–water partition coefficient (Wildman–Crippen LogP) is 15.0. The number of para-hydroxylation sites is 2. The molecule has 3 heteroatoms. The highest BCUT2D eigenvalue weighted by molar-refractivity contribution is 7.25. The summed E-state index contributed by atoms with van der Waals surface area (Å²) in [5.41, 5.74) is 12.5. The minimum Gasteiger partial charge on any atom is -0.311 e. The van der Waals surface area contributed by atoms with Gasteiger partial charge in [0.05, 0.1) is 0 Å². The first-order valence-corrected chi connectivity index (χ1v) is 19.5. The fourth-order valence-corrected chi connectivity index (χ4v) is 9.31. The molecule has 0 spiro atoms. The molecular formula is C50H44N2S. The van der Waals surface area contributed by atoms with E-state index in [1.54, 1.807) is 0 Å². The lowest BCUT2D eigenvalue weighted by Gasteiger charge is -2.42. The van der Waals surface area contributed by atoms with Gasteiger partial charge in [0.25, 0.3) is 0 Å². The smallest absolute Gasteiger partial charge is 0.0468 e. The van der Waals surface area contributed by atoms with Crippen LogP contribution in [0.1, 0.15) is 51.7 Å². The highest BCUT2D eigenvalue weighted by atomic mass is 32.1. The Labute approximate surface area is 317 Å². The van der Waals surface area contributed by atoms with E-state index in [4.69, 9.17) is 0 Å². The topological polar surface area (TPSA) is 6.48 Å². The van der Waals surface area contributed by atoms with Gasteiger partial charge in [-0.3, -0.25) is 0 Å². The van der Waals surface area contributed by atoms with E-state index >= 15 is 0 Å². The van der Waals surface area contributed by atoms with Crippen LogP contribution in [0.5, 0.6) is 0 Å². The first-order chi connectivity index (χ1) is 25.7. The fourth-order valence-electron chi connectivity index (χ4n) is 8.22. The molecule has 0 atom stereocenters. The van der Waals surface area contributed by atoms with Crippen LogP contribution in [0.4, 0.5) is 34.1 Å². The average molecular weight is 705 g/mol. The summed E-state index contributed by atoms with van der Waals surface area (Å²) in [5, 5.41) is 2.63. The number of fused-ring (bicyclic) bond motifs is 4. The van der Waals surface area contributed by atoms with Crippen LogP contribution < -0.4 is 9.80 Å². The summed E-state index contributed by atoms with van der Waals surface area (Å²) in [6, 6.07) is 62.2. The van der Waals surface area contributed by atoms with E-state index < -0.39 is 0 Å². The zero-order valence-electron chi connectivity index (χ0n) is 30.9. The maximum Gasteiger partial charge on any atom is 0.0468 e. The van der Waals surface area contributed by atoms with Crippen LogP contribution in [-0.2, 0) is 10.8 Å². The molecule has 0 amide bonds. The van der Waals surface area contributed by atoms with E-state index in [9.17, 15) is 0 Å². The van der Waals surface area contributed by atoms with Crippen LogP contribution in [0.15, 0.2) is 170 Å². The minimum absolute atomic E-state index is 0.118. The summed E-state index contributed by atoms with van der Waals surface area (Å²) < 4.78 is 2.65. The van der Waals surface area contributed by atoms with Gasteiger partial charge < -0.3 is 9.80 Å². The van der Waals surface area contributed by atoms with Crippen LogP contribution in [-0.4, -0.2) is 0 Å². The zero-order valence-corrected chi connectivity index (χ0v) is 31.7. The molecule has 7 aromatic carbocycles. The summed E-state index contributed by atoms with van der Waals surface area (Å²) in [4.78, 5) is 4.76. The van der Waals surface area contributed by atoms with Crippen molar-refractivity contribution in [2.75, 3.05) is 9.80 Å². The monoisotopic (exact) mass is 704 g/mol. The number of thiophene rings is 1. The number of hydrogen-bond donors (Lipinski definition) is 0. The zero-order chi connectivity index (χ0) is 36.2. The molecule has 0 unspecified atom stereocenters. The van der Waals surface area contributed by atoms with Gasteiger partial charge in [0.1, 0.15) is 0 Å². The lowest BCUT2D eigenvalue weighted by molar-refractivity contribution is 0.332. The molecule has 53 heavy (non-hydrogen) atoms. The van der Waals surface area contributed by atoms with Gasteiger partial charge in [-0.2, -0.15) is 0 Å². The molecule has 0 N–H and O–H groups in total. The lowest BCUT2D eigenvalue weighted by atomic mass is 9.63. The maximum absolute atomic E-state index is 2.48. The molecule has 2 nitrogen and oxygen atoms in total. The minimum atomic E-state index is 0.118. The van der Waals surface area contributed by atoms with Crippen molar-refractivity contribution in [3.63, 3.8) is 0 Å². The molecular weight excluding hydrogens is 661 g/mol. The molecule has 260 valence electrons.